The molecule has 0 bridgehead atoms. The molecule has 0 fully saturated rings. The number of nitrogens with one attached hydrogen (secondary N) is 1. The average molecular weight is 159 g/mol. The highest BCUT2D eigenvalue weighted by molar-refractivity contribution is 5.97. The van der Waals surface area contributed by atoms with Crippen LogP contribution in [0.3, 0.4) is 0 Å². The van der Waals surface area contributed by atoms with E-state index in [1.807, 2.05) is 0 Å². The number of carbonyl (C=O) groups is 2. The summed E-state index contributed by atoms with van der Waals surface area (Å²) in [7, 11) is 0. The van der Waals surface area contributed by atoms with Crippen LogP contribution in [-0.2, 0) is 9.59 Å². The van der Waals surface area contributed by atoms with Gasteiger partial charge in [0, 0.05) is 5.71 Å². The molecule has 5 heteroatoms. The van der Waals surface area contributed by atoms with Crippen LogP contribution in [0.4, 0.5) is 0 Å². The Labute approximate surface area is 63.2 Å². The van der Waals surface area contributed by atoms with Gasteiger partial charge in [0.25, 0.3) is 0 Å². The monoisotopic (exact) mass is 159 g/mol. The van der Waals surface area contributed by atoms with Gasteiger partial charge in [-0.1, -0.05) is 0 Å². The van der Waals surface area contributed by atoms with Crippen LogP contribution < -0.4 is 0 Å². The van der Waals surface area contributed by atoms with Crippen LogP contribution in [0.1, 0.15) is 19.3 Å². The predicted molar refractivity (Wildman–Crippen MR) is 36.8 cm³/mol. The van der Waals surface area contributed by atoms with E-state index in [9.17, 15) is 9.59 Å². The lowest BCUT2D eigenvalue weighted by molar-refractivity contribution is -0.137. The quantitative estimate of drug-likeness (QED) is 0.504. The molecular weight excluding hydrogens is 150 g/mol. The molecule has 5 nitrogen and oxygen atoms in total. The molecule has 0 aromatic rings. The van der Waals surface area contributed by atoms with Crippen LogP contribution in [0.5, 0.6) is 0 Å². The molecule has 0 aromatic heterocycles. The maximum absolute atomic E-state index is 9.97. The van der Waals surface area contributed by atoms with E-state index < -0.39 is 11.9 Å². The van der Waals surface area contributed by atoms with E-state index in [1.165, 1.54) is 0 Å². The molecule has 0 rings (SSSR count). The van der Waals surface area contributed by atoms with Crippen molar-refractivity contribution in [1.29, 1.82) is 5.41 Å². The zero-order chi connectivity index (χ0) is 8.85. The van der Waals surface area contributed by atoms with E-state index >= 15 is 0 Å². The summed E-state index contributed by atoms with van der Waals surface area (Å²) in [5.74, 6) is -2.11. The molecule has 3 N–H and O–H groups in total. The second-order valence-corrected chi connectivity index (χ2v) is 2.07. The van der Waals surface area contributed by atoms with E-state index in [0.29, 0.717) is 0 Å². The van der Waals surface area contributed by atoms with Crippen molar-refractivity contribution in [2.45, 2.75) is 19.3 Å². The lowest BCUT2D eigenvalue weighted by Crippen LogP contribution is -2.07. The van der Waals surface area contributed by atoms with E-state index in [4.69, 9.17) is 15.6 Å². The van der Waals surface area contributed by atoms with Gasteiger partial charge in [-0.25, -0.2) is 0 Å². The molecule has 0 atom stereocenters. The first-order valence-corrected chi connectivity index (χ1v) is 3.02. The fourth-order valence-electron chi connectivity index (χ4n) is 0.529. The molecule has 11 heavy (non-hydrogen) atoms. The zero-order valence-corrected chi connectivity index (χ0v) is 5.83. The predicted octanol–water partition coefficient (Wildman–Crippen LogP) is 0.346. The van der Waals surface area contributed by atoms with Crippen molar-refractivity contribution in [3.63, 3.8) is 0 Å². The number of hydrogen-bond donors (Lipinski definition) is 3. The number of aliphatic carboxylic acids is 2. The summed E-state index contributed by atoms with van der Waals surface area (Å²) in [5, 5.41) is 23.3. The highest BCUT2D eigenvalue weighted by Crippen LogP contribution is 1.95. The van der Waals surface area contributed by atoms with Crippen LogP contribution in [-0.4, -0.2) is 27.9 Å². The maximum Gasteiger partial charge on any atom is 0.309 e. The third-order valence-corrected chi connectivity index (χ3v) is 1.01. The zero-order valence-electron chi connectivity index (χ0n) is 5.83. The van der Waals surface area contributed by atoms with Crippen molar-refractivity contribution >= 4 is 17.7 Å². The van der Waals surface area contributed by atoms with Crippen molar-refractivity contribution in [2.75, 3.05) is 0 Å². The molecular formula is C6H9NO4. The Bertz CT molecular complexity index is 187. The Balaban J connectivity index is 3.53. The van der Waals surface area contributed by atoms with Crippen molar-refractivity contribution in [2.24, 2.45) is 0 Å². The van der Waals surface area contributed by atoms with Gasteiger partial charge in [0.1, 0.15) is 0 Å². The highest BCUT2D eigenvalue weighted by atomic mass is 16.4. The smallest absolute Gasteiger partial charge is 0.309 e. The topological polar surface area (TPSA) is 98.5 Å². The molecule has 0 heterocycles. The Morgan fingerprint density at radius 2 is 1.64 bits per heavy atom. The minimum absolute atomic E-state index is 0.0155. The second kappa shape index (κ2) is 4.43. The van der Waals surface area contributed by atoms with E-state index in [1.54, 1.807) is 0 Å². The highest BCUT2D eigenvalue weighted by Gasteiger charge is 2.05. The standard InChI is InChI=1S/C6H9NO4/c7-4(3-6(10)11)1-2-5(8)9/h7H,1-3H2,(H,8,9)(H,10,11). The van der Waals surface area contributed by atoms with Gasteiger partial charge in [-0.2, -0.15) is 0 Å². The SMILES string of the molecule is N=C(CCC(=O)O)CC(=O)O. The molecule has 62 valence electrons. The first kappa shape index (κ1) is 9.61. The molecule has 0 unspecified atom stereocenters. The lowest BCUT2D eigenvalue weighted by Gasteiger charge is -1.95. The van der Waals surface area contributed by atoms with Gasteiger partial charge < -0.3 is 15.6 Å². The van der Waals surface area contributed by atoms with Crippen LogP contribution >= 0.6 is 0 Å². The summed E-state index contributed by atoms with van der Waals surface area (Å²) in [4.78, 5) is 19.9. The molecule has 0 saturated carbocycles. The van der Waals surface area contributed by atoms with Gasteiger partial charge in [0.15, 0.2) is 0 Å². The van der Waals surface area contributed by atoms with Gasteiger partial charge in [-0.05, 0) is 6.42 Å². The van der Waals surface area contributed by atoms with Gasteiger partial charge >= 0.3 is 11.9 Å². The van der Waals surface area contributed by atoms with Gasteiger partial charge in [-0.3, -0.25) is 9.59 Å². The Kier molecular flexibility index (Phi) is 3.87. The third kappa shape index (κ3) is 6.50. The van der Waals surface area contributed by atoms with Crippen molar-refractivity contribution in [3.05, 3.63) is 0 Å². The summed E-state index contributed by atoms with van der Waals surface area (Å²) in [6.07, 6.45) is -0.527. The van der Waals surface area contributed by atoms with Gasteiger partial charge in [-0.15, -0.1) is 0 Å². The normalized spacial score (nSPS) is 9.09. The molecule has 0 aromatic carbocycles. The summed E-state index contributed by atoms with van der Waals surface area (Å²) in [6, 6.07) is 0. The van der Waals surface area contributed by atoms with E-state index in [2.05, 4.69) is 0 Å². The molecule has 0 amide bonds. The van der Waals surface area contributed by atoms with E-state index in [-0.39, 0.29) is 25.0 Å². The molecule has 0 radical (unpaired) electrons. The maximum atomic E-state index is 9.97. The van der Waals surface area contributed by atoms with Gasteiger partial charge in [0.2, 0.25) is 0 Å². The van der Waals surface area contributed by atoms with Gasteiger partial charge in [0.05, 0.1) is 12.8 Å². The Hall–Kier alpha value is -1.39. The number of hydrogen-bond acceptors (Lipinski definition) is 3. The van der Waals surface area contributed by atoms with Crippen molar-refractivity contribution in [1.82, 2.24) is 0 Å². The molecule has 0 aliphatic heterocycles. The van der Waals surface area contributed by atoms with Crippen LogP contribution in [0.25, 0.3) is 0 Å². The minimum Gasteiger partial charge on any atom is -0.481 e. The molecule has 0 aliphatic carbocycles. The lowest BCUT2D eigenvalue weighted by atomic mass is 10.1. The second-order valence-electron chi connectivity index (χ2n) is 2.07. The molecule has 0 spiro atoms. The first-order valence-electron chi connectivity index (χ1n) is 3.02. The minimum atomic E-state index is -1.10. The average Bonchev–Trinajstić information content (AvgIpc) is 1.82. The number of carboxylic acids is 2. The summed E-state index contributed by atoms with van der Waals surface area (Å²) < 4.78 is 0. The first-order chi connectivity index (χ1) is 5.02. The van der Waals surface area contributed by atoms with Crippen molar-refractivity contribution in [3.8, 4) is 0 Å². The summed E-state index contributed by atoms with van der Waals surface area (Å²) in [6.45, 7) is 0. The van der Waals surface area contributed by atoms with E-state index in [0.717, 1.165) is 0 Å². The Morgan fingerprint density at radius 3 is 2.00 bits per heavy atom. The third-order valence-electron chi connectivity index (χ3n) is 1.01. The number of rotatable bonds is 5. The van der Waals surface area contributed by atoms with Crippen molar-refractivity contribution < 1.29 is 19.8 Å². The largest absolute Gasteiger partial charge is 0.481 e. The molecule has 0 saturated heterocycles. The Morgan fingerprint density at radius 1 is 1.09 bits per heavy atom. The summed E-state index contributed by atoms with van der Waals surface area (Å²) in [5.41, 5.74) is -0.0556. The number of carboxylic acid groups (broad SMARTS) is 2. The van der Waals surface area contributed by atoms with Crippen LogP contribution in [0.15, 0.2) is 0 Å². The van der Waals surface area contributed by atoms with Crippen LogP contribution in [0.2, 0.25) is 0 Å². The fourth-order valence-corrected chi connectivity index (χ4v) is 0.529. The van der Waals surface area contributed by atoms with Crippen LogP contribution in [0, 0.1) is 5.41 Å². The fraction of sp³-hybridized carbons (Fsp3) is 0.500. The summed E-state index contributed by atoms with van der Waals surface area (Å²) >= 11 is 0. The molecule has 0 aliphatic rings.